The molecule has 0 spiro atoms. The van der Waals surface area contributed by atoms with Gasteiger partial charge in [-0.2, -0.15) is 4.98 Å². The molecule has 0 bridgehead atoms. The minimum atomic E-state index is -3.23. The molecular weight excluding hydrogens is 266 g/mol. The molecule has 1 aliphatic rings. The molecule has 2 N–H and O–H groups in total. The highest BCUT2D eigenvalue weighted by atomic mass is 32.2. The third-order valence-electron chi connectivity index (χ3n) is 4.04. The lowest BCUT2D eigenvalue weighted by atomic mass is 9.78. The predicted molar refractivity (Wildman–Crippen MR) is 71.1 cm³/mol. The monoisotopic (exact) mass is 287 g/mol. The number of rotatable bonds is 3. The molecule has 2 rings (SSSR count). The molecule has 108 valence electrons. The Bertz CT molecular complexity index is 544. The smallest absolute Gasteiger partial charge is 0.246 e. The summed E-state index contributed by atoms with van der Waals surface area (Å²) in [5.74, 6) is 1.22. The summed E-state index contributed by atoms with van der Waals surface area (Å²) in [4.78, 5) is 4.22. The molecule has 1 aliphatic carbocycles. The second-order valence-electron chi connectivity index (χ2n) is 5.77. The molecule has 1 fully saturated rings. The summed E-state index contributed by atoms with van der Waals surface area (Å²) in [6, 6.07) is 0. The van der Waals surface area contributed by atoms with Gasteiger partial charge in [0, 0.05) is 6.26 Å². The van der Waals surface area contributed by atoms with Crippen molar-refractivity contribution in [1.29, 1.82) is 0 Å². The Morgan fingerprint density at radius 1 is 1.42 bits per heavy atom. The zero-order chi connectivity index (χ0) is 14.3. The van der Waals surface area contributed by atoms with E-state index in [1.807, 2.05) is 0 Å². The van der Waals surface area contributed by atoms with Gasteiger partial charge in [-0.15, -0.1) is 0 Å². The number of nitrogens with zero attached hydrogens (tertiary/aromatic N) is 2. The van der Waals surface area contributed by atoms with Gasteiger partial charge in [-0.1, -0.05) is 12.1 Å². The fourth-order valence-electron chi connectivity index (χ4n) is 2.28. The summed E-state index contributed by atoms with van der Waals surface area (Å²) >= 11 is 0. The number of nitrogens with two attached hydrogens (primary N) is 1. The molecule has 1 unspecified atom stereocenters. The lowest BCUT2D eigenvalue weighted by molar-refractivity contribution is 0.190. The Kier molecular flexibility index (Phi) is 3.70. The standard InChI is InChI=1S/C12H21N3O3S/c1-8-4-6-12(13,7-5-8)11-14-10(15-18-11)9(2)19(3,16)17/h8-9H,4-7,13H2,1-3H3. The zero-order valence-corrected chi connectivity index (χ0v) is 12.4. The molecule has 1 aromatic rings. The predicted octanol–water partition coefficient (Wildman–Crippen LogP) is 1.54. The average Bonchev–Trinajstić information content (AvgIpc) is 2.81. The first-order valence-corrected chi connectivity index (χ1v) is 8.50. The van der Waals surface area contributed by atoms with E-state index in [2.05, 4.69) is 17.1 Å². The van der Waals surface area contributed by atoms with Crippen molar-refractivity contribution in [2.45, 2.75) is 50.3 Å². The maximum absolute atomic E-state index is 11.5. The first-order valence-electron chi connectivity index (χ1n) is 6.54. The number of aromatic nitrogens is 2. The molecule has 0 radical (unpaired) electrons. The van der Waals surface area contributed by atoms with Gasteiger partial charge in [0.1, 0.15) is 5.25 Å². The average molecular weight is 287 g/mol. The molecule has 1 atom stereocenters. The lowest BCUT2D eigenvalue weighted by Crippen LogP contribution is -2.40. The van der Waals surface area contributed by atoms with E-state index in [1.165, 1.54) is 0 Å². The van der Waals surface area contributed by atoms with Gasteiger partial charge in [0.25, 0.3) is 0 Å². The van der Waals surface area contributed by atoms with Crippen LogP contribution in [0.15, 0.2) is 4.52 Å². The molecule has 0 aromatic carbocycles. The van der Waals surface area contributed by atoms with Crippen LogP contribution in [0.5, 0.6) is 0 Å². The highest BCUT2D eigenvalue weighted by Gasteiger charge is 2.38. The Morgan fingerprint density at radius 3 is 2.53 bits per heavy atom. The van der Waals surface area contributed by atoms with Crippen molar-refractivity contribution in [3.8, 4) is 0 Å². The van der Waals surface area contributed by atoms with Gasteiger partial charge < -0.3 is 10.3 Å². The first-order chi connectivity index (χ1) is 8.72. The molecule has 7 heteroatoms. The third kappa shape index (κ3) is 2.97. The normalized spacial score (nSPS) is 30.2. The van der Waals surface area contributed by atoms with Crippen LogP contribution in [-0.4, -0.2) is 24.8 Å². The van der Waals surface area contributed by atoms with Crippen molar-refractivity contribution in [2.75, 3.05) is 6.26 Å². The van der Waals surface area contributed by atoms with Crippen LogP contribution in [0.4, 0.5) is 0 Å². The molecule has 1 heterocycles. The Morgan fingerprint density at radius 2 is 2.00 bits per heavy atom. The number of sulfone groups is 1. The fourth-order valence-corrected chi connectivity index (χ4v) is 2.76. The fraction of sp³-hybridized carbons (Fsp3) is 0.833. The topological polar surface area (TPSA) is 99.1 Å². The van der Waals surface area contributed by atoms with Gasteiger partial charge in [-0.3, -0.25) is 0 Å². The summed E-state index contributed by atoms with van der Waals surface area (Å²) < 4.78 is 28.2. The van der Waals surface area contributed by atoms with E-state index in [1.54, 1.807) is 6.92 Å². The third-order valence-corrected chi connectivity index (χ3v) is 5.54. The summed E-state index contributed by atoms with van der Waals surface area (Å²) in [6.07, 6.45) is 4.80. The lowest BCUT2D eigenvalue weighted by Gasteiger charge is -2.32. The second kappa shape index (κ2) is 4.86. The molecule has 19 heavy (non-hydrogen) atoms. The quantitative estimate of drug-likeness (QED) is 0.905. The van der Waals surface area contributed by atoms with Gasteiger partial charge >= 0.3 is 0 Å². The maximum atomic E-state index is 11.5. The highest BCUT2D eigenvalue weighted by Crippen LogP contribution is 2.37. The van der Waals surface area contributed by atoms with Crippen LogP contribution in [0.25, 0.3) is 0 Å². The summed E-state index contributed by atoms with van der Waals surface area (Å²) in [7, 11) is -3.23. The molecule has 6 nitrogen and oxygen atoms in total. The molecule has 0 amide bonds. The van der Waals surface area contributed by atoms with Crippen molar-refractivity contribution < 1.29 is 12.9 Å². The van der Waals surface area contributed by atoms with E-state index in [9.17, 15) is 8.42 Å². The molecular formula is C12H21N3O3S. The zero-order valence-electron chi connectivity index (χ0n) is 11.6. The maximum Gasteiger partial charge on any atom is 0.246 e. The van der Waals surface area contributed by atoms with E-state index in [0.29, 0.717) is 11.8 Å². The Labute approximate surface area is 113 Å². The van der Waals surface area contributed by atoms with Gasteiger partial charge in [0.15, 0.2) is 15.7 Å². The largest absolute Gasteiger partial charge is 0.337 e. The van der Waals surface area contributed by atoms with Crippen molar-refractivity contribution in [1.82, 2.24) is 10.1 Å². The number of hydrogen-bond acceptors (Lipinski definition) is 6. The van der Waals surface area contributed by atoms with Crippen LogP contribution < -0.4 is 5.73 Å². The van der Waals surface area contributed by atoms with E-state index in [0.717, 1.165) is 31.9 Å². The van der Waals surface area contributed by atoms with Crippen LogP contribution >= 0.6 is 0 Å². The van der Waals surface area contributed by atoms with E-state index < -0.39 is 20.6 Å². The second-order valence-corrected chi connectivity index (χ2v) is 8.13. The van der Waals surface area contributed by atoms with Gasteiger partial charge in [-0.25, -0.2) is 8.42 Å². The van der Waals surface area contributed by atoms with E-state index in [4.69, 9.17) is 10.3 Å². The van der Waals surface area contributed by atoms with Crippen LogP contribution in [0.1, 0.15) is 56.5 Å². The molecule has 0 aliphatic heterocycles. The SMILES string of the molecule is CC1CCC(N)(c2nc(C(C)S(C)(=O)=O)no2)CC1. The van der Waals surface area contributed by atoms with Crippen molar-refractivity contribution in [2.24, 2.45) is 11.7 Å². The molecule has 1 aromatic heterocycles. The molecule has 0 saturated heterocycles. The summed E-state index contributed by atoms with van der Waals surface area (Å²) in [6.45, 7) is 3.75. The van der Waals surface area contributed by atoms with Crippen molar-refractivity contribution in [3.05, 3.63) is 11.7 Å². The highest BCUT2D eigenvalue weighted by molar-refractivity contribution is 7.90. The van der Waals surface area contributed by atoms with Gasteiger partial charge in [0.2, 0.25) is 5.89 Å². The van der Waals surface area contributed by atoms with Crippen LogP contribution in [0.2, 0.25) is 0 Å². The number of hydrogen-bond donors (Lipinski definition) is 1. The van der Waals surface area contributed by atoms with Crippen LogP contribution in [0, 0.1) is 5.92 Å². The van der Waals surface area contributed by atoms with Crippen molar-refractivity contribution >= 4 is 9.84 Å². The van der Waals surface area contributed by atoms with Gasteiger partial charge in [0.05, 0.1) is 5.54 Å². The minimum absolute atomic E-state index is 0.195. The minimum Gasteiger partial charge on any atom is -0.337 e. The Balaban J connectivity index is 2.22. The Hall–Kier alpha value is -0.950. The summed E-state index contributed by atoms with van der Waals surface area (Å²) in [5.41, 5.74) is 5.72. The van der Waals surface area contributed by atoms with Crippen LogP contribution in [0.3, 0.4) is 0 Å². The van der Waals surface area contributed by atoms with Crippen LogP contribution in [-0.2, 0) is 15.4 Å². The van der Waals surface area contributed by atoms with E-state index in [-0.39, 0.29) is 5.82 Å². The molecule has 1 saturated carbocycles. The van der Waals surface area contributed by atoms with E-state index >= 15 is 0 Å². The van der Waals surface area contributed by atoms with Crippen molar-refractivity contribution in [3.63, 3.8) is 0 Å². The summed E-state index contributed by atoms with van der Waals surface area (Å²) in [5, 5.41) is 3.01. The van der Waals surface area contributed by atoms with Gasteiger partial charge in [-0.05, 0) is 38.5 Å². The first kappa shape index (κ1) is 14.5.